The van der Waals surface area contributed by atoms with Crippen molar-refractivity contribution in [3.8, 4) is 0 Å². The Balaban J connectivity index is 1.71. The van der Waals surface area contributed by atoms with Gasteiger partial charge in [0.25, 0.3) is 0 Å². The molecule has 102 valence electrons. The van der Waals surface area contributed by atoms with Crippen molar-refractivity contribution in [1.82, 2.24) is 15.6 Å². The lowest BCUT2D eigenvalue weighted by Crippen LogP contribution is -2.44. The lowest BCUT2D eigenvalue weighted by molar-refractivity contribution is 0.251. The molecule has 5 nitrogen and oxygen atoms in total. The summed E-state index contributed by atoms with van der Waals surface area (Å²) in [6.07, 6.45) is 3.52. The highest BCUT2D eigenvalue weighted by atomic mass is 16.2. The molecule has 1 aromatic carbocycles. The van der Waals surface area contributed by atoms with E-state index in [1.54, 1.807) is 11.1 Å². The number of nitrogens with zero attached hydrogens (tertiary/aromatic N) is 2. The van der Waals surface area contributed by atoms with Gasteiger partial charge in [-0.2, -0.15) is 0 Å². The van der Waals surface area contributed by atoms with Gasteiger partial charge in [-0.3, -0.25) is 15.2 Å². The number of nitrogens with one attached hydrogen (secondary N) is 2. The number of pyridine rings is 1. The number of carbonyl (C=O) groups is 1. The third kappa shape index (κ3) is 2.62. The van der Waals surface area contributed by atoms with Gasteiger partial charge < -0.3 is 5.32 Å². The molecule has 1 saturated heterocycles. The first-order valence-electron chi connectivity index (χ1n) is 6.59. The first kappa shape index (κ1) is 12.6. The SMILES string of the molecule is O=C1NCC(NCc2cccnc2)N1c1ccccc1. The zero-order chi connectivity index (χ0) is 13.8. The van der Waals surface area contributed by atoms with Gasteiger partial charge in [-0.1, -0.05) is 24.3 Å². The topological polar surface area (TPSA) is 57.3 Å². The number of hydrogen-bond donors (Lipinski definition) is 2. The van der Waals surface area contributed by atoms with Crippen LogP contribution in [0.15, 0.2) is 54.9 Å². The molecule has 1 aromatic heterocycles. The fourth-order valence-corrected chi connectivity index (χ4v) is 2.29. The number of rotatable bonds is 4. The number of urea groups is 1. The summed E-state index contributed by atoms with van der Waals surface area (Å²) in [7, 11) is 0. The molecule has 2 aromatic rings. The van der Waals surface area contributed by atoms with Crippen molar-refractivity contribution in [2.45, 2.75) is 12.7 Å². The molecule has 0 spiro atoms. The lowest BCUT2D eigenvalue weighted by atomic mass is 10.2. The number of para-hydroxylation sites is 1. The molecule has 3 rings (SSSR count). The van der Waals surface area contributed by atoms with Crippen molar-refractivity contribution in [3.63, 3.8) is 0 Å². The summed E-state index contributed by atoms with van der Waals surface area (Å²) in [4.78, 5) is 17.8. The highest BCUT2D eigenvalue weighted by Gasteiger charge is 2.31. The molecule has 1 fully saturated rings. The summed E-state index contributed by atoms with van der Waals surface area (Å²) in [6, 6.07) is 13.5. The smallest absolute Gasteiger partial charge is 0.323 e. The van der Waals surface area contributed by atoms with Crippen molar-refractivity contribution < 1.29 is 4.79 Å². The second kappa shape index (κ2) is 5.71. The van der Waals surface area contributed by atoms with Crippen LogP contribution in [0.4, 0.5) is 10.5 Å². The summed E-state index contributed by atoms with van der Waals surface area (Å²) in [5.41, 5.74) is 1.99. The minimum absolute atomic E-state index is 0.0508. The van der Waals surface area contributed by atoms with Crippen molar-refractivity contribution >= 4 is 11.7 Å². The van der Waals surface area contributed by atoms with Gasteiger partial charge in [0.2, 0.25) is 0 Å². The van der Waals surface area contributed by atoms with Crippen LogP contribution in [0, 0.1) is 0 Å². The van der Waals surface area contributed by atoms with Crippen LogP contribution < -0.4 is 15.5 Å². The zero-order valence-corrected chi connectivity index (χ0v) is 11.0. The van der Waals surface area contributed by atoms with Gasteiger partial charge in [0.05, 0.1) is 6.54 Å². The fourth-order valence-electron chi connectivity index (χ4n) is 2.29. The zero-order valence-electron chi connectivity index (χ0n) is 11.0. The van der Waals surface area contributed by atoms with Gasteiger partial charge in [0.15, 0.2) is 0 Å². The largest absolute Gasteiger partial charge is 0.334 e. The highest BCUT2D eigenvalue weighted by Crippen LogP contribution is 2.18. The van der Waals surface area contributed by atoms with E-state index in [1.807, 2.05) is 48.7 Å². The Bertz CT molecular complexity index is 573. The Morgan fingerprint density at radius 3 is 2.85 bits per heavy atom. The second-order valence-corrected chi connectivity index (χ2v) is 4.65. The first-order chi connectivity index (χ1) is 9.84. The molecule has 0 bridgehead atoms. The Labute approximate surface area is 117 Å². The third-order valence-electron chi connectivity index (χ3n) is 3.28. The summed E-state index contributed by atoms with van der Waals surface area (Å²) in [6.45, 7) is 1.27. The molecule has 0 radical (unpaired) electrons. The van der Waals surface area contributed by atoms with E-state index in [1.165, 1.54) is 0 Å². The van der Waals surface area contributed by atoms with Crippen LogP contribution in [0.5, 0.6) is 0 Å². The molecule has 1 aliphatic rings. The lowest BCUT2D eigenvalue weighted by Gasteiger charge is -2.24. The maximum Gasteiger partial charge on any atom is 0.323 e. The summed E-state index contributed by atoms with van der Waals surface area (Å²) < 4.78 is 0. The summed E-state index contributed by atoms with van der Waals surface area (Å²) in [5.74, 6) is 0. The van der Waals surface area contributed by atoms with Gasteiger partial charge in [-0.15, -0.1) is 0 Å². The Morgan fingerprint density at radius 2 is 2.10 bits per heavy atom. The molecular weight excluding hydrogens is 252 g/mol. The van der Waals surface area contributed by atoms with Gasteiger partial charge in [0, 0.05) is 24.6 Å². The Kier molecular flexibility index (Phi) is 3.60. The molecule has 1 atom stereocenters. The maximum atomic E-state index is 12.0. The van der Waals surface area contributed by atoms with Crippen LogP contribution in [-0.4, -0.2) is 23.7 Å². The molecule has 2 amide bonds. The molecule has 2 heterocycles. The van der Waals surface area contributed by atoms with E-state index in [0.717, 1.165) is 11.3 Å². The molecule has 20 heavy (non-hydrogen) atoms. The Morgan fingerprint density at radius 1 is 1.25 bits per heavy atom. The maximum absolute atomic E-state index is 12.0. The minimum atomic E-state index is -0.0695. The normalized spacial score (nSPS) is 18.1. The van der Waals surface area contributed by atoms with Gasteiger partial charge >= 0.3 is 6.03 Å². The Hall–Kier alpha value is -2.40. The quantitative estimate of drug-likeness (QED) is 0.888. The van der Waals surface area contributed by atoms with E-state index in [-0.39, 0.29) is 12.2 Å². The molecular formula is C15H16N4O. The number of amides is 2. The van der Waals surface area contributed by atoms with Crippen molar-refractivity contribution in [1.29, 1.82) is 0 Å². The van der Waals surface area contributed by atoms with Crippen LogP contribution in [0.3, 0.4) is 0 Å². The van der Waals surface area contributed by atoms with Crippen molar-refractivity contribution in [2.75, 3.05) is 11.4 Å². The standard InChI is InChI=1S/C15H16N4O/c20-15-18-11-14(17-10-12-5-4-8-16-9-12)19(15)13-6-2-1-3-7-13/h1-9,14,17H,10-11H2,(H,18,20). The fraction of sp³-hybridized carbons (Fsp3) is 0.200. The van der Waals surface area contributed by atoms with Crippen LogP contribution in [0.1, 0.15) is 5.56 Å². The summed E-state index contributed by atoms with van der Waals surface area (Å²) >= 11 is 0. The van der Waals surface area contributed by atoms with E-state index in [2.05, 4.69) is 15.6 Å². The van der Waals surface area contributed by atoms with Gasteiger partial charge in [-0.05, 0) is 23.8 Å². The highest BCUT2D eigenvalue weighted by molar-refractivity contribution is 5.94. The minimum Gasteiger partial charge on any atom is -0.334 e. The summed E-state index contributed by atoms with van der Waals surface area (Å²) in [5, 5.41) is 6.24. The third-order valence-corrected chi connectivity index (χ3v) is 3.28. The molecule has 1 aliphatic heterocycles. The average Bonchev–Trinajstić information content (AvgIpc) is 2.88. The average molecular weight is 268 g/mol. The number of hydrogen-bond acceptors (Lipinski definition) is 3. The molecule has 0 aliphatic carbocycles. The van der Waals surface area contributed by atoms with E-state index in [9.17, 15) is 4.79 Å². The first-order valence-corrected chi connectivity index (χ1v) is 6.59. The van der Waals surface area contributed by atoms with Gasteiger partial charge in [0.1, 0.15) is 6.17 Å². The van der Waals surface area contributed by atoms with Crippen LogP contribution in [0.25, 0.3) is 0 Å². The number of benzene rings is 1. The van der Waals surface area contributed by atoms with Crippen molar-refractivity contribution in [2.24, 2.45) is 0 Å². The molecule has 0 saturated carbocycles. The van der Waals surface area contributed by atoms with E-state index < -0.39 is 0 Å². The number of carbonyl (C=O) groups excluding carboxylic acids is 1. The van der Waals surface area contributed by atoms with Crippen molar-refractivity contribution in [3.05, 3.63) is 60.4 Å². The molecule has 1 unspecified atom stereocenters. The van der Waals surface area contributed by atoms with Gasteiger partial charge in [-0.25, -0.2) is 4.79 Å². The van der Waals surface area contributed by atoms with Crippen LogP contribution in [0.2, 0.25) is 0 Å². The molecule has 5 heteroatoms. The predicted molar refractivity (Wildman–Crippen MR) is 77.2 cm³/mol. The second-order valence-electron chi connectivity index (χ2n) is 4.65. The van der Waals surface area contributed by atoms with E-state index >= 15 is 0 Å². The monoisotopic (exact) mass is 268 g/mol. The molecule has 2 N–H and O–H groups in total. The predicted octanol–water partition coefficient (Wildman–Crippen LogP) is 1.73. The number of aromatic nitrogens is 1. The van der Waals surface area contributed by atoms with E-state index in [0.29, 0.717) is 13.1 Å². The van der Waals surface area contributed by atoms with Crippen LogP contribution in [-0.2, 0) is 6.54 Å². The van der Waals surface area contributed by atoms with E-state index in [4.69, 9.17) is 0 Å². The van der Waals surface area contributed by atoms with Crippen LogP contribution >= 0.6 is 0 Å². The number of anilines is 1.